The van der Waals surface area contributed by atoms with Gasteiger partial charge in [0.05, 0.1) is 35.8 Å². The Morgan fingerprint density at radius 3 is 2.21 bits per heavy atom. The van der Waals surface area contributed by atoms with E-state index in [0.29, 0.717) is 69.9 Å². The van der Waals surface area contributed by atoms with Gasteiger partial charge in [-0.1, -0.05) is 16.7 Å². The molecule has 3 N–H and O–H groups in total. The monoisotopic (exact) mass is 618 g/mol. The van der Waals surface area contributed by atoms with Gasteiger partial charge in [-0.05, 0) is 49.6 Å². The molecular formula is C27H26N5NaO7PS+. The summed E-state index contributed by atoms with van der Waals surface area (Å²) in [6, 6.07) is 16.8. The minimum atomic E-state index is -1.52. The van der Waals surface area contributed by atoms with E-state index in [2.05, 4.69) is 29.8 Å². The molecule has 4 aromatic rings. The van der Waals surface area contributed by atoms with Crippen molar-refractivity contribution in [1.82, 2.24) is 0 Å². The second kappa shape index (κ2) is 15.9. The van der Waals surface area contributed by atoms with Crippen LogP contribution >= 0.6 is 19.8 Å². The Morgan fingerprint density at radius 2 is 1.60 bits per heavy atom. The molecule has 0 aliphatic carbocycles. The van der Waals surface area contributed by atoms with Gasteiger partial charge in [0.15, 0.2) is 11.1 Å². The Balaban J connectivity index is 0.00000484. The molecule has 15 heteroatoms. The van der Waals surface area contributed by atoms with Crippen molar-refractivity contribution in [2.45, 2.75) is 18.7 Å². The fourth-order valence-electron chi connectivity index (χ4n) is 3.77. The minimum absolute atomic E-state index is 0. The summed E-state index contributed by atoms with van der Waals surface area (Å²) in [5.41, 5.74) is 7.55. The molecule has 12 nitrogen and oxygen atoms in total. The van der Waals surface area contributed by atoms with Gasteiger partial charge in [-0.15, -0.1) is 15.3 Å². The molecule has 0 aromatic heterocycles. The first-order valence-corrected chi connectivity index (χ1v) is 14.8. The van der Waals surface area contributed by atoms with Crippen LogP contribution in [0.2, 0.25) is 0 Å². The number of anilines is 1. The fourth-order valence-corrected chi connectivity index (χ4v) is 4.88. The summed E-state index contributed by atoms with van der Waals surface area (Å²) < 4.78 is 27.9. The smallest absolute Gasteiger partial charge is 0.691 e. The quantitative estimate of drug-likeness (QED) is 0.0451. The van der Waals surface area contributed by atoms with Gasteiger partial charge >= 0.3 is 37.4 Å². The molecule has 0 spiro atoms. The molecule has 1 unspecified atom stereocenters. The van der Waals surface area contributed by atoms with Crippen molar-refractivity contribution in [3.8, 4) is 17.2 Å². The zero-order valence-corrected chi connectivity index (χ0v) is 27.0. The maximum Gasteiger partial charge on any atom is 1.00 e. The summed E-state index contributed by atoms with van der Waals surface area (Å²) in [6.45, 7) is 5.90. The number of aromatic hydroxyl groups is 1. The van der Waals surface area contributed by atoms with Gasteiger partial charge in [-0.25, -0.2) is 0 Å². The molecule has 0 saturated carbocycles. The molecule has 4 aromatic carbocycles. The van der Waals surface area contributed by atoms with Crippen LogP contribution in [-0.2, 0) is 13.9 Å². The number of phenolic OH excluding ortho intramolecular Hbond substituents is 1. The van der Waals surface area contributed by atoms with Crippen LogP contribution in [0.3, 0.4) is 0 Å². The van der Waals surface area contributed by atoms with Gasteiger partial charge < -0.3 is 25.6 Å². The number of nitrogens with zero attached hydrogens (tertiary/aromatic N) is 4. The predicted molar refractivity (Wildman–Crippen MR) is 155 cm³/mol. The molecule has 0 aliphatic rings. The zero-order valence-electron chi connectivity index (χ0n) is 23.3. The van der Waals surface area contributed by atoms with Crippen molar-refractivity contribution in [3.05, 3.63) is 60.7 Å². The van der Waals surface area contributed by atoms with Gasteiger partial charge in [0.1, 0.15) is 35.2 Å². The predicted octanol–water partition coefficient (Wildman–Crippen LogP) is 4.07. The SMILES string of the molecule is CCOc1cc(N=Nc2c(SOO[O-])cc3ccc(N)cc3c2O)c(OCC)cc1N=Nc1cccc([P+](C)=O)c1.[Na+]. The molecule has 42 heavy (non-hydrogen) atoms. The van der Waals surface area contributed by atoms with Crippen molar-refractivity contribution >= 4 is 64.4 Å². The maximum atomic E-state index is 11.9. The van der Waals surface area contributed by atoms with Crippen LogP contribution in [0.4, 0.5) is 28.4 Å². The van der Waals surface area contributed by atoms with E-state index in [0.717, 1.165) is 0 Å². The van der Waals surface area contributed by atoms with Crippen molar-refractivity contribution in [1.29, 1.82) is 0 Å². The Hall–Kier alpha value is -3.13. The molecule has 0 fully saturated rings. The number of hydrogen-bond acceptors (Lipinski definition) is 13. The fraction of sp³-hybridized carbons (Fsp3) is 0.185. The summed E-state index contributed by atoms with van der Waals surface area (Å²) in [4.78, 5) is 0.267. The van der Waals surface area contributed by atoms with E-state index in [1.54, 1.807) is 67.3 Å². The van der Waals surface area contributed by atoms with E-state index in [4.69, 9.17) is 15.2 Å². The van der Waals surface area contributed by atoms with Crippen LogP contribution in [0.1, 0.15) is 13.8 Å². The molecule has 1 atom stereocenters. The largest absolute Gasteiger partial charge is 1.00 e. The number of nitrogen functional groups attached to an aromatic ring is 1. The summed E-state index contributed by atoms with van der Waals surface area (Å²) in [5.74, 6) is 0.469. The third-order valence-corrected chi connectivity index (χ3v) is 7.21. The molecule has 0 bridgehead atoms. The maximum absolute atomic E-state index is 11.9. The average molecular weight is 619 g/mol. The van der Waals surface area contributed by atoms with Gasteiger partial charge in [0.25, 0.3) is 0 Å². The number of ether oxygens (including phenoxy) is 2. The summed E-state index contributed by atoms with van der Waals surface area (Å²) in [7, 11) is -1.52. The normalized spacial score (nSPS) is 11.7. The van der Waals surface area contributed by atoms with Crippen LogP contribution in [-0.4, -0.2) is 25.0 Å². The second-order valence-electron chi connectivity index (χ2n) is 8.34. The number of nitrogens with two attached hydrogens (primary N) is 1. The Bertz CT molecular complexity index is 1640. The van der Waals surface area contributed by atoms with Crippen LogP contribution in [0, 0.1) is 0 Å². The van der Waals surface area contributed by atoms with Crippen molar-refractivity contribution in [2.75, 3.05) is 25.6 Å². The van der Waals surface area contributed by atoms with Crippen LogP contribution in [0.25, 0.3) is 10.8 Å². The van der Waals surface area contributed by atoms with Gasteiger partial charge in [0.2, 0.25) is 0 Å². The topological polar surface area (TPSA) is 173 Å². The Morgan fingerprint density at radius 1 is 0.929 bits per heavy atom. The molecular weight excluding hydrogens is 592 g/mol. The number of benzene rings is 4. The van der Waals surface area contributed by atoms with Crippen LogP contribution < -0.4 is 55.3 Å². The molecule has 0 radical (unpaired) electrons. The van der Waals surface area contributed by atoms with Crippen molar-refractivity contribution < 1.29 is 63.3 Å². The number of azo groups is 2. The van der Waals surface area contributed by atoms with Gasteiger partial charge in [-0.3, -0.25) is 5.04 Å². The summed E-state index contributed by atoms with van der Waals surface area (Å²) in [6.07, 6.45) is 0. The van der Waals surface area contributed by atoms with E-state index >= 15 is 0 Å². The first-order valence-electron chi connectivity index (χ1n) is 12.3. The molecule has 0 saturated heterocycles. The number of rotatable bonds is 12. The van der Waals surface area contributed by atoms with Gasteiger partial charge in [-0.2, -0.15) is 9.45 Å². The van der Waals surface area contributed by atoms with E-state index < -0.39 is 7.80 Å². The van der Waals surface area contributed by atoms with Gasteiger partial charge in [0, 0.05) is 29.3 Å². The minimum Gasteiger partial charge on any atom is -0.691 e. The second-order valence-corrected chi connectivity index (χ2v) is 10.6. The Kier molecular flexibility index (Phi) is 12.6. The molecule has 4 rings (SSSR count). The van der Waals surface area contributed by atoms with E-state index in [-0.39, 0.29) is 51.6 Å². The first-order chi connectivity index (χ1) is 19.8. The Labute approximate surface area is 269 Å². The standard InChI is InChI=1S/C27H26N5O7PS.Na/c1-4-36-23-15-22(24(37-5-2)14-21(23)30-29-18-7-6-8-19(13-18)40(3)35)31-32-26-25(41-39-38-34)11-16-9-10-17(28)12-20(16)27(26)33;/h6-15H,4-5,28H2,1-3H3,(H-,33,34);/q;+1. The van der Waals surface area contributed by atoms with Crippen LogP contribution in [0.15, 0.2) is 86.0 Å². The summed E-state index contributed by atoms with van der Waals surface area (Å²) >= 11 is 0.569. The molecule has 0 amide bonds. The third kappa shape index (κ3) is 8.24. The van der Waals surface area contributed by atoms with Crippen molar-refractivity contribution in [2.24, 2.45) is 20.5 Å². The molecule has 212 valence electrons. The average Bonchev–Trinajstić information content (AvgIpc) is 2.96. The third-order valence-electron chi connectivity index (χ3n) is 5.59. The number of fused-ring (bicyclic) bond motifs is 1. The van der Waals surface area contributed by atoms with E-state index in [1.165, 1.54) is 0 Å². The van der Waals surface area contributed by atoms with Crippen LogP contribution in [0.5, 0.6) is 17.2 Å². The number of phenols is 1. The van der Waals surface area contributed by atoms with E-state index in [1.807, 2.05) is 13.8 Å². The van der Waals surface area contributed by atoms with E-state index in [9.17, 15) is 14.9 Å². The molecule has 0 aliphatic heterocycles. The zero-order chi connectivity index (χ0) is 29.4. The number of hydrogen-bond donors (Lipinski definition) is 2. The first kappa shape index (κ1) is 33.4. The van der Waals surface area contributed by atoms with Crippen molar-refractivity contribution in [3.63, 3.8) is 0 Å². The molecule has 0 heterocycles. The summed E-state index contributed by atoms with van der Waals surface area (Å²) in [5, 5.41) is 43.9.